The van der Waals surface area contributed by atoms with E-state index in [2.05, 4.69) is 9.72 Å². The molecule has 0 fully saturated rings. The van der Waals surface area contributed by atoms with Gasteiger partial charge >= 0.3 is 6.18 Å². The highest BCUT2D eigenvalue weighted by Gasteiger charge is 2.28. The van der Waals surface area contributed by atoms with E-state index in [0.29, 0.717) is 5.56 Å². The molecule has 0 aliphatic heterocycles. The Morgan fingerprint density at radius 2 is 2.12 bits per heavy atom. The van der Waals surface area contributed by atoms with Crippen molar-refractivity contribution in [2.24, 2.45) is 5.73 Å². The zero-order valence-electron chi connectivity index (χ0n) is 8.49. The van der Waals surface area contributed by atoms with Gasteiger partial charge in [0.15, 0.2) is 6.61 Å². The maximum Gasteiger partial charge on any atom is 0.422 e. The molecule has 0 bridgehead atoms. The zero-order valence-corrected chi connectivity index (χ0v) is 9.31. The minimum atomic E-state index is -4.36. The maximum absolute atomic E-state index is 11.8. The van der Waals surface area contributed by atoms with Crippen molar-refractivity contribution in [2.45, 2.75) is 19.1 Å². The second kappa shape index (κ2) is 5.91. The summed E-state index contributed by atoms with van der Waals surface area (Å²) in [7, 11) is 0. The molecule has 3 nitrogen and oxygen atoms in total. The van der Waals surface area contributed by atoms with Crippen LogP contribution in [0.25, 0.3) is 0 Å². The molecule has 7 heteroatoms. The third-order valence-electron chi connectivity index (χ3n) is 1.67. The fourth-order valence-corrected chi connectivity index (χ4v) is 0.943. The third-order valence-corrected chi connectivity index (χ3v) is 1.67. The molecule has 1 atom stereocenters. The molecule has 16 heavy (non-hydrogen) atoms. The van der Waals surface area contributed by atoms with Crippen LogP contribution in [0.15, 0.2) is 18.3 Å². The minimum Gasteiger partial charge on any atom is -0.468 e. The Kier molecular flexibility index (Phi) is 5.53. The Hall–Kier alpha value is -1.01. The molecule has 0 saturated heterocycles. The summed E-state index contributed by atoms with van der Waals surface area (Å²) in [4.78, 5) is 3.65. The molecule has 1 rings (SSSR count). The first-order chi connectivity index (χ1) is 6.88. The second-order valence-electron chi connectivity index (χ2n) is 3.12. The minimum absolute atomic E-state index is 0. The van der Waals surface area contributed by atoms with Crippen molar-refractivity contribution in [3.05, 3.63) is 23.9 Å². The Balaban J connectivity index is 0.00000225. The highest BCUT2D eigenvalue weighted by molar-refractivity contribution is 5.85. The average molecular weight is 257 g/mol. The first-order valence-electron chi connectivity index (χ1n) is 4.29. The lowest BCUT2D eigenvalue weighted by Gasteiger charge is -2.10. The van der Waals surface area contributed by atoms with Gasteiger partial charge < -0.3 is 10.5 Å². The first-order valence-corrected chi connectivity index (χ1v) is 4.29. The highest BCUT2D eigenvalue weighted by Crippen LogP contribution is 2.19. The van der Waals surface area contributed by atoms with E-state index >= 15 is 0 Å². The molecule has 0 aliphatic carbocycles. The number of hydrogen-bond acceptors (Lipinski definition) is 3. The molecule has 1 heterocycles. The van der Waals surface area contributed by atoms with Crippen LogP contribution in [0.1, 0.15) is 18.5 Å². The van der Waals surface area contributed by atoms with Gasteiger partial charge in [-0.2, -0.15) is 13.2 Å². The molecular weight excluding hydrogens is 245 g/mol. The van der Waals surface area contributed by atoms with E-state index in [-0.39, 0.29) is 24.3 Å². The van der Waals surface area contributed by atoms with Crippen molar-refractivity contribution in [3.8, 4) is 5.88 Å². The molecule has 1 aromatic rings. The SMILES string of the molecule is CC(N)c1ccnc(OCC(F)(F)F)c1.Cl. The zero-order chi connectivity index (χ0) is 11.5. The van der Waals surface area contributed by atoms with Gasteiger partial charge in [-0.05, 0) is 18.6 Å². The molecule has 2 N–H and O–H groups in total. The lowest BCUT2D eigenvalue weighted by Crippen LogP contribution is -2.19. The van der Waals surface area contributed by atoms with Gasteiger partial charge in [0.2, 0.25) is 5.88 Å². The Morgan fingerprint density at radius 3 is 2.62 bits per heavy atom. The fourth-order valence-electron chi connectivity index (χ4n) is 0.943. The van der Waals surface area contributed by atoms with Crippen LogP contribution in [-0.2, 0) is 0 Å². The number of ether oxygens (including phenoxy) is 1. The number of pyridine rings is 1. The van der Waals surface area contributed by atoms with E-state index in [1.807, 2.05) is 0 Å². The van der Waals surface area contributed by atoms with Crippen LogP contribution in [0.5, 0.6) is 5.88 Å². The van der Waals surface area contributed by atoms with Crippen molar-refractivity contribution in [2.75, 3.05) is 6.61 Å². The van der Waals surface area contributed by atoms with Crippen molar-refractivity contribution in [1.82, 2.24) is 4.98 Å². The van der Waals surface area contributed by atoms with Crippen molar-refractivity contribution in [1.29, 1.82) is 0 Å². The monoisotopic (exact) mass is 256 g/mol. The average Bonchev–Trinajstić information content (AvgIpc) is 2.14. The summed E-state index contributed by atoms with van der Waals surface area (Å²) in [6, 6.07) is 2.77. The van der Waals surface area contributed by atoms with E-state index in [9.17, 15) is 13.2 Å². The quantitative estimate of drug-likeness (QED) is 0.904. The van der Waals surface area contributed by atoms with Gasteiger partial charge in [-0.1, -0.05) is 0 Å². The summed E-state index contributed by atoms with van der Waals surface area (Å²) in [5.41, 5.74) is 6.24. The van der Waals surface area contributed by atoms with Gasteiger partial charge in [0.05, 0.1) is 0 Å². The molecule has 0 aliphatic rings. The summed E-state index contributed by atoms with van der Waals surface area (Å²) < 4.78 is 39.9. The molecule has 0 aromatic carbocycles. The molecule has 0 amide bonds. The molecule has 92 valence electrons. The van der Waals surface area contributed by atoms with Gasteiger partial charge in [-0.3, -0.25) is 0 Å². The molecule has 1 unspecified atom stereocenters. The van der Waals surface area contributed by atoms with Gasteiger partial charge in [0.25, 0.3) is 0 Å². The molecule has 0 spiro atoms. The van der Waals surface area contributed by atoms with Gasteiger partial charge in [0, 0.05) is 18.3 Å². The van der Waals surface area contributed by atoms with E-state index in [1.54, 1.807) is 13.0 Å². The predicted octanol–water partition coefficient (Wildman–Crippen LogP) is 2.46. The smallest absolute Gasteiger partial charge is 0.422 e. The number of nitrogens with two attached hydrogens (primary N) is 1. The summed E-state index contributed by atoms with van der Waals surface area (Å²) >= 11 is 0. The van der Waals surface area contributed by atoms with Crippen LogP contribution < -0.4 is 10.5 Å². The highest BCUT2D eigenvalue weighted by atomic mass is 35.5. The number of alkyl halides is 3. The fraction of sp³-hybridized carbons (Fsp3) is 0.444. The van der Waals surface area contributed by atoms with Crippen LogP contribution >= 0.6 is 12.4 Å². The summed E-state index contributed by atoms with van der Waals surface area (Å²) in [6.45, 7) is 0.380. The lowest BCUT2D eigenvalue weighted by molar-refractivity contribution is -0.154. The maximum atomic E-state index is 11.8. The molecule has 0 radical (unpaired) electrons. The second-order valence-corrected chi connectivity index (χ2v) is 3.12. The van der Waals surface area contributed by atoms with Crippen LogP contribution in [0.4, 0.5) is 13.2 Å². The van der Waals surface area contributed by atoms with Crippen molar-refractivity contribution in [3.63, 3.8) is 0 Å². The number of aromatic nitrogens is 1. The van der Waals surface area contributed by atoms with Crippen molar-refractivity contribution >= 4 is 12.4 Å². The largest absolute Gasteiger partial charge is 0.468 e. The summed E-state index contributed by atoms with van der Waals surface area (Å²) in [5, 5.41) is 0. The molecular formula is C9H12ClF3N2O. The Morgan fingerprint density at radius 1 is 1.50 bits per heavy atom. The normalized spacial score (nSPS) is 12.8. The van der Waals surface area contributed by atoms with E-state index in [1.165, 1.54) is 12.3 Å². The van der Waals surface area contributed by atoms with Crippen molar-refractivity contribution < 1.29 is 17.9 Å². The lowest BCUT2D eigenvalue weighted by atomic mass is 10.1. The van der Waals surface area contributed by atoms with E-state index in [4.69, 9.17) is 5.73 Å². The number of hydrogen-bond donors (Lipinski definition) is 1. The van der Waals surface area contributed by atoms with Gasteiger partial charge in [-0.25, -0.2) is 4.98 Å². The van der Waals surface area contributed by atoms with Crippen LogP contribution in [0.3, 0.4) is 0 Å². The van der Waals surface area contributed by atoms with Crippen LogP contribution in [-0.4, -0.2) is 17.8 Å². The first kappa shape index (κ1) is 15.0. The molecule has 0 saturated carbocycles. The van der Waals surface area contributed by atoms with E-state index in [0.717, 1.165) is 0 Å². The van der Waals surface area contributed by atoms with E-state index < -0.39 is 12.8 Å². The number of rotatable bonds is 3. The Labute approximate surface area is 97.2 Å². The van der Waals surface area contributed by atoms with Gasteiger partial charge in [0.1, 0.15) is 0 Å². The number of nitrogens with zero attached hydrogens (tertiary/aromatic N) is 1. The number of halogens is 4. The Bertz CT molecular complexity index is 331. The summed E-state index contributed by atoms with van der Waals surface area (Å²) in [5.74, 6) is -0.0675. The van der Waals surface area contributed by atoms with Gasteiger partial charge in [-0.15, -0.1) is 12.4 Å². The predicted molar refractivity (Wildman–Crippen MR) is 55.6 cm³/mol. The summed E-state index contributed by atoms with van der Waals surface area (Å²) in [6.07, 6.45) is -2.99. The molecule has 1 aromatic heterocycles. The topological polar surface area (TPSA) is 48.1 Å². The standard InChI is InChI=1S/C9H11F3N2O.ClH/c1-6(13)7-2-3-14-8(4-7)15-5-9(10,11)12;/h2-4,6H,5,13H2,1H3;1H. The van der Waals surface area contributed by atoms with Crippen LogP contribution in [0.2, 0.25) is 0 Å². The van der Waals surface area contributed by atoms with Crippen LogP contribution in [0, 0.1) is 0 Å². The third kappa shape index (κ3) is 5.18.